The molecule has 1 aliphatic heterocycles. The quantitative estimate of drug-likeness (QED) is 0.875. The topological polar surface area (TPSA) is 62.3 Å². The van der Waals surface area contributed by atoms with E-state index in [0.717, 1.165) is 42.1 Å². The number of nitriles is 1. The summed E-state index contributed by atoms with van der Waals surface area (Å²) in [6.45, 7) is 8.23. The molecule has 0 saturated heterocycles. The van der Waals surface area contributed by atoms with Crippen molar-refractivity contribution in [2.45, 2.75) is 33.1 Å². The van der Waals surface area contributed by atoms with Crippen molar-refractivity contribution in [2.75, 3.05) is 18.0 Å². The largest absolute Gasteiger partial charge is 0.440 e. The lowest BCUT2D eigenvalue weighted by molar-refractivity contribution is 0.393. The van der Waals surface area contributed by atoms with Crippen LogP contribution >= 0.6 is 0 Å². The summed E-state index contributed by atoms with van der Waals surface area (Å²) in [4.78, 5) is 2.26. The Labute approximate surface area is 155 Å². The Hall–Kier alpha value is -2.93. The van der Waals surface area contributed by atoms with E-state index in [1.807, 2.05) is 6.07 Å². The first-order chi connectivity index (χ1) is 12.6. The lowest BCUT2D eigenvalue weighted by Gasteiger charge is -2.29. The van der Waals surface area contributed by atoms with Crippen LogP contribution in [-0.4, -0.2) is 13.1 Å². The van der Waals surface area contributed by atoms with Gasteiger partial charge in [0.25, 0.3) is 0 Å². The van der Waals surface area contributed by atoms with Crippen LogP contribution in [0, 0.1) is 11.3 Å². The van der Waals surface area contributed by atoms with Gasteiger partial charge >= 0.3 is 0 Å². The Balaban J connectivity index is 2.10. The van der Waals surface area contributed by atoms with Crippen LogP contribution in [-0.2, 0) is 6.42 Å². The number of nitrogens with zero attached hydrogens (tertiary/aromatic N) is 2. The molecule has 0 unspecified atom stereocenters. The highest BCUT2D eigenvalue weighted by Gasteiger charge is 2.30. The third-order valence-corrected chi connectivity index (χ3v) is 5.05. The molecule has 4 nitrogen and oxygen atoms in total. The van der Waals surface area contributed by atoms with Crippen LogP contribution in [0.2, 0.25) is 0 Å². The van der Waals surface area contributed by atoms with Crippen LogP contribution in [0.25, 0.3) is 0 Å². The molecule has 2 N–H and O–H groups in total. The predicted octanol–water partition coefficient (Wildman–Crippen LogP) is 4.31. The molecule has 0 fully saturated rings. The van der Waals surface area contributed by atoms with Gasteiger partial charge in [-0.15, -0.1) is 0 Å². The number of ether oxygens (including phenoxy) is 1. The molecule has 26 heavy (non-hydrogen) atoms. The number of hydrogen-bond acceptors (Lipinski definition) is 4. The maximum absolute atomic E-state index is 9.66. The number of aryl methyl sites for hydroxylation is 1. The number of nitrogens with two attached hydrogens (primary N) is 1. The normalized spacial score (nSPS) is 15.8. The van der Waals surface area contributed by atoms with Crippen molar-refractivity contribution >= 4 is 5.69 Å². The van der Waals surface area contributed by atoms with Crippen molar-refractivity contribution in [1.82, 2.24) is 0 Å². The second kappa shape index (κ2) is 7.53. The molecule has 2 aromatic carbocycles. The first kappa shape index (κ1) is 17.9. The number of anilines is 1. The molecule has 3 rings (SSSR count). The van der Waals surface area contributed by atoms with Gasteiger partial charge in [0.05, 0.1) is 5.92 Å². The van der Waals surface area contributed by atoms with Crippen molar-refractivity contribution in [3.05, 3.63) is 70.6 Å². The van der Waals surface area contributed by atoms with Gasteiger partial charge in [0, 0.05) is 30.4 Å². The lowest BCUT2D eigenvalue weighted by Crippen LogP contribution is -2.24. The summed E-state index contributed by atoms with van der Waals surface area (Å²) in [5, 5.41) is 9.66. The van der Waals surface area contributed by atoms with Gasteiger partial charge in [-0.05, 0) is 37.5 Å². The van der Waals surface area contributed by atoms with Crippen LogP contribution in [0.4, 0.5) is 5.69 Å². The maximum atomic E-state index is 9.66. The van der Waals surface area contributed by atoms with Crippen molar-refractivity contribution < 1.29 is 4.74 Å². The first-order valence-corrected chi connectivity index (χ1v) is 9.18. The van der Waals surface area contributed by atoms with Gasteiger partial charge in [-0.3, -0.25) is 0 Å². The van der Waals surface area contributed by atoms with Crippen LogP contribution in [0.3, 0.4) is 0 Å². The van der Waals surface area contributed by atoms with Gasteiger partial charge in [-0.2, -0.15) is 5.26 Å². The zero-order valence-electron chi connectivity index (χ0n) is 15.6. The molecule has 0 radical (unpaired) electrons. The van der Waals surface area contributed by atoms with Crippen molar-refractivity contribution in [3.8, 4) is 11.8 Å². The SMILES string of the molecule is CCc1ccc([C@H]2C(C#N)=C(N)Oc3cc(N(CC)CC)ccc32)cc1. The van der Waals surface area contributed by atoms with Gasteiger partial charge in [-0.25, -0.2) is 0 Å². The van der Waals surface area contributed by atoms with E-state index in [-0.39, 0.29) is 11.8 Å². The molecule has 0 amide bonds. The average molecular weight is 347 g/mol. The highest BCUT2D eigenvalue weighted by molar-refractivity contribution is 5.61. The van der Waals surface area contributed by atoms with E-state index in [1.54, 1.807) is 0 Å². The van der Waals surface area contributed by atoms with Crippen molar-refractivity contribution in [1.29, 1.82) is 5.26 Å². The monoisotopic (exact) mass is 347 g/mol. The van der Waals surface area contributed by atoms with Crippen LogP contribution in [0.15, 0.2) is 53.9 Å². The lowest BCUT2D eigenvalue weighted by atomic mass is 9.83. The van der Waals surface area contributed by atoms with Gasteiger partial charge < -0.3 is 15.4 Å². The van der Waals surface area contributed by atoms with E-state index in [1.165, 1.54) is 5.56 Å². The predicted molar refractivity (Wildman–Crippen MR) is 105 cm³/mol. The molecule has 0 bridgehead atoms. The minimum absolute atomic E-state index is 0.194. The molecular formula is C22H25N3O. The number of benzene rings is 2. The summed E-state index contributed by atoms with van der Waals surface area (Å²) in [6, 6.07) is 16.8. The van der Waals surface area contributed by atoms with E-state index in [2.05, 4.69) is 68.1 Å². The van der Waals surface area contributed by atoms with E-state index in [0.29, 0.717) is 5.57 Å². The molecular weight excluding hydrogens is 322 g/mol. The van der Waals surface area contributed by atoms with E-state index < -0.39 is 0 Å². The summed E-state index contributed by atoms with van der Waals surface area (Å²) in [6.07, 6.45) is 0.987. The molecule has 134 valence electrons. The van der Waals surface area contributed by atoms with Crippen molar-refractivity contribution in [2.24, 2.45) is 5.73 Å². The number of rotatable bonds is 5. The maximum Gasteiger partial charge on any atom is 0.205 e. The summed E-state index contributed by atoms with van der Waals surface area (Å²) < 4.78 is 5.82. The van der Waals surface area contributed by atoms with Gasteiger partial charge in [0.15, 0.2) is 0 Å². The summed E-state index contributed by atoms with van der Waals surface area (Å²) >= 11 is 0. The Kier molecular flexibility index (Phi) is 5.18. The summed E-state index contributed by atoms with van der Waals surface area (Å²) in [5.74, 6) is 0.733. The van der Waals surface area contributed by atoms with Crippen LogP contribution < -0.4 is 15.4 Å². The minimum Gasteiger partial charge on any atom is -0.440 e. The summed E-state index contributed by atoms with van der Waals surface area (Å²) in [7, 11) is 0. The molecule has 1 aliphatic rings. The first-order valence-electron chi connectivity index (χ1n) is 9.18. The Bertz CT molecular complexity index is 858. The van der Waals surface area contributed by atoms with E-state index in [4.69, 9.17) is 10.5 Å². The molecule has 0 aromatic heterocycles. The zero-order valence-corrected chi connectivity index (χ0v) is 15.6. The second-order valence-corrected chi connectivity index (χ2v) is 6.41. The molecule has 4 heteroatoms. The summed E-state index contributed by atoms with van der Waals surface area (Å²) in [5.41, 5.74) is 11.0. The molecule has 2 aromatic rings. The minimum atomic E-state index is -0.194. The Morgan fingerprint density at radius 3 is 2.35 bits per heavy atom. The van der Waals surface area contributed by atoms with Gasteiger partial charge in [0.1, 0.15) is 17.4 Å². The van der Waals surface area contributed by atoms with Crippen LogP contribution in [0.5, 0.6) is 5.75 Å². The fourth-order valence-corrected chi connectivity index (χ4v) is 3.52. The molecule has 0 saturated carbocycles. The highest BCUT2D eigenvalue weighted by Crippen LogP contribution is 2.43. The standard InChI is InChI=1S/C22H25N3O/c1-4-15-7-9-16(10-8-15)21-18-12-11-17(25(5-2)6-3)13-20(18)26-22(24)19(21)14-23/h7-13,21H,4-6,24H2,1-3H3/t21-/m1/s1. The highest BCUT2D eigenvalue weighted by atomic mass is 16.5. The average Bonchev–Trinajstić information content (AvgIpc) is 2.68. The van der Waals surface area contributed by atoms with Gasteiger partial charge in [0.2, 0.25) is 5.88 Å². The van der Waals surface area contributed by atoms with Crippen molar-refractivity contribution in [3.63, 3.8) is 0 Å². The smallest absolute Gasteiger partial charge is 0.205 e. The van der Waals surface area contributed by atoms with Crippen LogP contribution in [0.1, 0.15) is 43.4 Å². The number of fused-ring (bicyclic) bond motifs is 1. The molecule has 1 atom stereocenters. The Morgan fingerprint density at radius 1 is 1.08 bits per heavy atom. The molecule has 0 aliphatic carbocycles. The molecule has 0 spiro atoms. The third-order valence-electron chi connectivity index (χ3n) is 5.05. The zero-order chi connectivity index (χ0) is 18.7. The van der Waals surface area contributed by atoms with Gasteiger partial charge in [-0.1, -0.05) is 37.3 Å². The van der Waals surface area contributed by atoms with E-state index >= 15 is 0 Å². The number of hydrogen-bond donors (Lipinski definition) is 1. The second-order valence-electron chi connectivity index (χ2n) is 6.41. The fraction of sp³-hybridized carbons (Fsp3) is 0.318. The third kappa shape index (κ3) is 3.13. The number of allylic oxidation sites excluding steroid dienone is 1. The Morgan fingerprint density at radius 2 is 1.77 bits per heavy atom. The fourth-order valence-electron chi connectivity index (χ4n) is 3.52. The molecule has 1 heterocycles. The van der Waals surface area contributed by atoms with E-state index in [9.17, 15) is 5.26 Å².